The molecule has 0 fully saturated rings. The highest BCUT2D eigenvalue weighted by atomic mass is 16.5. The lowest BCUT2D eigenvalue weighted by molar-refractivity contribution is -0.147. The summed E-state index contributed by atoms with van der Waals surface area (Å²) in [6, 6.07) is 24.6. The minimum atomic E-state index is -1.01. The van der Waals surface area contributed by atoms with E-state index in [0.717, 1.165) is 5.56 Å². The molecule has 3 aromatic carbocycles. The van der Waals surface area contributed by atoms with Crippen molar-refractivity contribution in [2.24, 2.45) is 0 Å². The Morgan fingerprint density at radius 1 is 0.743 bits per heavy atom. The van der Waals surface area contributed by atoms with E-state index in [1.807, 2.05) is 30.3 Å². The predicted octanol–water partition coefficient (Wildman–Crippen LogP) is 3.62. The van der Waals surface area contributed by atoms with Crippen molar-refractivity contribution in [3.05, 3.63) is 102 Å². The predicted molar refractivity (Wildman–Crippen MR) is 128 cm³/mol. The van der Waals surface area contributed by atoms with E-state index in [1.165, 1.54) is 6.92 Å². The second-order valence-electron chi connectivity index (χ2n) is 7.66. The molecule has 8 nitrogen and oxygen atoms in total. The van der Waals surface area contributed by atoms with Gasteiger partial charge in [0.1, 0.15) is 12.4 Å². The second-order valence-corrected chi connectivity index (χ2v) is 7.66. The zero-order chi connectivity index (χ0) is 25.0. The molecule has 2 N–H and O–H groups in total. The Bertz CT molecular complexity index is 1150. The Labute approximate surface area is 203 Å². The molecule has 0 bridgehead atoms. The Kier molecular flexibility index (Phi) is 9.13. The first-order valence-electron chi connectivity index (χ1n) is 11.1. The van der Waals surface area contributed by atoms with Crippen LogP contribution in [0.5, 0.6) is 5.75 Å². The molecule has 1 atom stereocenters. The number of esters is 1. The van der Waals surface area contributed by atoms with Crippen LogP contribution in [0.3, 0.4) is 0 Å². The van der Waals surface area contributed by atoms with Gasteiger partial charge in [-0.05, 0) is 48.9 Å². The summed E-state index contributed by atoms with van der Waals surface area (Å²) in [6.07, 6.45) is -1.46. The summed E-state index contributed by atoms with van der Waals surface area (Å²) >= 11 is 0. The zero-order valence-electron chi connectivity index (χ0n) is 19.2. The van der Waals surface area contributed by atoms with Gasteiger partial charge in [-0.25, -0.2) is 0 Å². The summed E-state index contributed by atoms with van der Waals surface area (Å²) in [5.74, 6) is -1.49. The summed E-state index contributed by atoms with van der Waals surface area (Å²) in [4.78, 5) is 48.4. The molecule has 0 aromatic heterocycles. The number of nitrogens with one attached hydrogen (secondary N) is 2. The maximum atomic E-state index is 12.6. The Morgan fingerprint density at radius 2 is 1.37 bits per heavy atom. The molecule has 3 aromatic rings. The van der Waals surface area contributed by atoms with Gasteiger partial charge >= 0.3 is 5.97 Å². The van der Waals surface area contributed by atoms with Crippen LogP contribution in [-0.4, -0.2) is 29.7 Å². The molecule has 0 saturated heterocycles. The second kappa shape index (κ2) is 12.7. The van der Waals surface area contributed by atoms with E-state index in [4.69, 9.17) is 9.47 Å². The minimum Gasteiger partial charge on any atom is -0.489 e. The third-order valence-corrected chi connectivity index (χ3v) is 4.97. The van der Waals surface area contributed by atoms with Crippen LogP contribution < -0.4 is 15.6 Å². The molecular weight excluding hydrogens is 448 g/mol. The van der Waals surface area contributed by atoms with Gasteiger partial charge in [0.2, 0.25) is 11.7 Å². The monoisotopic (exact) mass is 474 g/mol. The van der Waals surface area contributed by atoms with E-state index in [9.17, 15) is 19.2 Å². The van der Waals surface area contributed by atoms with Gasteiger partial charge in [-0.2, -0.15) is 0 Å². The van der Waals surface area contributed by atoms with Crippen LogP contribution in [0.1, 0.15) is 46.0 Å². The first-order valence-corrected chi connectivity index (χ1v) is 11.1. The van der Waals surface area contributed by atoms with E-state index in [2.05, 4.69) is 10.9 Å². The third-order valence-electron chi connectivity index (χ3n) is 4.97. The van der Waals surface area contributed by atoms with Crippen molar-refractivity contribution in [1.82, 2.24) is 10.9 Å². The summed E-state index contributed by atoms with van der Waals surface area (Å²) in [5, 5.41) is 0. The number of hydrazine groups is 1. The lowest BCUT2D eigenvalue weighted by atomic mass is 10.1. The molecule has 0 aliphatic heterocycles. The van der Waals surface area contributed by atoms with Gasteiger partial charge in [0.15, 0.2) is 6.10 Å². The minimum absolute atomic E-state index is 0.206. The number of benzene rings is 3. The summed E-state index contributed by atoms with van der Waals surface area (Å²) in [5.41, 5.74) is 6.30. The number of carbonyl (C=O) groups is 4. The van der Waals surface area contributed by atoms with Crippen LogP contribution in [0.4, 0.5) is 0 Å². The number of carbonyl (C=O) groups excluding carboxylic acids is 4. The maximum absolute atomic E-state index is 12.6. The molecule has 3 rings (SSSR count). The number of hydrogen-bond donors (Lipinski definition) is 2. The van der Waals surface area contributed by atoms with Gasteiger partial charge in [0.05, 0.1) is 6.42 Å². The quantitative estimate of drug-likeness (QED) is 0.264. The standard InChI is InChI=1S/C27H26N2O6/c1-19(26(32)21-12-14-23(15-13-21)34-18-20-8-4-2-5-9-20)35-25(31)17-16-24(30)28-29-27(33)22-10-6-3-7-11-22/h2-15,19H,16-18H2,1H3,(H,28,30)(H,29,33). The van der Waals surface area contributed by atoms with Gasteiger partial charge < -0.3 is 9.47 Å². The molecule has 1 unspecified atom stereocenters. The molecule has 8 heteroatoms. The summed E-state index contributed by atoms with van der Waals surface area (Å²) in [7, 11) is 0. The topological polar surface area (TPSA) is 111 Å². The fourth-order valence-electron chi connectivity index (χ4n) is 3.07. The van der Waals surface area contributed by atoms with Crippen molar-refractivity contribution in [3.63, 3.8) is 0 Å². The van der Waals surface area contributed by atoms with Gasteiger partial charge in [-0.1, -0.05) is 48.5 Å². The SMILES string of the molecule is CC(OC(=O)CCC(=O)NNC(=O)c1ccccc1)C(=O)c1ccc(OCc2ccccc2)cc1. The van der Waals surface area contributed by atoms with Gasteiger partial charge in [0.25, 0.3) is 5.91 Å². The molecule has 35 heavy (non-hydrogen) atoms. The molecule has 2 amide bonds. The van der Waals surface area contributed by atoms with E-state index in [1.54, 1.807) is 54.6 Å². The first-order chi connectivity index (χ1) is 16.9. The number of rotatable bonds is 10. The highest BCUT2D eigenvalue weighted by Gasteiger charge is 2.20. The molecule has 0 saturated carbocycles. The number of hydrogen-bond acceptors (Lipinski definition) is 6. The smallest absolute Gasteiger partial charge is 0.307 e. The highest BCUT2D eigenvalue weighted by Crippen LogP contribution is 2.16. The van der Waals surface area contributed by atoms with E-state index in [-0.39, 0.29) is 18.6 Å². The first kappa shape index (κ1) is 25.2. The molecule has 0 aliphatic carbocycles. The highest BCUT2D eigenvalue weighted by molar-refractivity contribution is 6.00. The van der Waals surface area contributed by atoms with Crippen molar-refractivity contribution in [2.75, 3.05) is 0 Å². The van der Waals surface area contributed by atoms with Crippen LogP contribution in [0.25, 0.3) is 0 Å². The molecular formula is C27H26N2O6. The summed E-state index contributed by atoms with van der Waals surface area (Å²) in [6.45, 7) is 1.88. The average molecular weight is 475 g/mol. The number of amides is 2. The number of Topliss-reactive ketones (excluding diaryl/α,β-unsaturated/α-hetero) is 1. The van der Waals surface area contributed by atoms with Crippen LogP contribution in [0, 0.1) is 0 Å². The van der Waals surface area contributed by atoms with Crippen LogP contribution in [-0.2, 0) is 20.9 Å². The van der Waals surface area contributed by atoms with Gasteiger partial charge in [0, 0.05) is 17.5 Å². The zero-order valence-corrected chi connectivity index (χ0v) is 19.2. The van der Waals surface area contributed by atoms with E-state index < -0.39 is 23.9 Å². The number of ketones is 1. The lowest BCUT2D eigenvalue weighted by Crippen LogP contribution is -2.41. The van der Waals surface area contributed by atoms with Crippen molar-refractivity contribution >= 4 is 23.6 Å². The van der Waals surface area contributed by atoms with Gasteiger partial charge in [-0.15, -0.1) is 0 Å². The molecule has 0 spiro atoms. The van der Waals surface area contributed by atoms with Crippen LogP contribution in [0.15, 0.2) is 84.9 Å². The third kappa shape index (κ3) is 8.12. The average Bonchev–Trinajstić information content (AvgIpc) is 2.90. The normalized spacial score (nSPS) is 11.1. The molecule has 180 valence electrons. The fraction of sp³-hybridized carbons (Fsp3) is 0.185. The molecule has 0 heterocycles. The molecule has 0 radical (unpaired) electrons. The van der Waals surface area contributed by atoms with Crippen LogP contribution in [0.2, 0.25) is 0 Å². The molecule has 0 aliphatic rings. The van der Waals surface area contributed by atoms with Crippen molar-refractivity contribution in [2.45, 2.75) is 32.5 Å². The van der Waals surface area contributed by atoms with E-state index >= 15 is 0 Å². The van der Waals surface area contributed by atoms with Crippen molar-refractivity contribution in [1.29, 1.82) is 0 Å². The van der Waals surface area contributed by atoms with E-state index in [0.29, 0.717) is 23.5 Å². The van der Waals surface area contributed by atoms with Crippen molar-refractivity contribution < 1.29 is 28.7 Å². The summed E-state index contributed by atoms with van der Waals surface area (Å²) < 4.78 is 10.9. The largest absolute Gasteiger partial charge is 0.489 e. The Morgan fingerprint density at radius 3 is 2.03 bits per heavy atom. The Hall–Kier alpha value is -4.46. The fourth-order valence-corrected chi connectivity index (χ4v) is 3.07. The van der Waals surface area contributed by atoms with Crippen LogP contribution >= 0.6 is 0 Å². The lowest BCUT2D eigenvalue weighted by Gasteiger charge is -2.13. The Balaban J connectivity index is 1.38. The van der Waals surface area contributed by atoms with Gasteiger partial charge in [-0.3, -0.25) is 30.0 Å². The maximum Gasteiger partial charge on any atom is 0.307 e. The number of ether oxygens (including phenoxy) is 2. The van der Waals surface area contributed by atoms with Crippen molar-refractivity contribution in [3.8, 4) is 5.75 Å².